The molecule has 1 unspecified atom stereocenters. The van der Waals surface area contributed by atoms with Crippen LogP contribution in [0, 0.1) is 5.92 Å². The van der Waals surface area contributed by atoms with Crippen LogP contribution < -0.4 is 5.73 Å². The van der Waals surface area contributed by atoms with Crippen LogP contribution in [0.2, 0.25) is 4.34 Å². The predicted octanol–water partition coefficient (Wildman–Crippen LogP) is 4.02. The third-order valence-electron chi connectivity index (χ3n) is 3.43. The molecule has 0 aromatic carbocycles. The van der Waals surface area contributed by atoms with Crippen molar-refractivity contribution in [2.24, 2.45) is 11.7 Å². The van der Waals surface area contributed by atoms with E-state index in [0.29, 0.717) is 5.92 Å². The Kier molecular flexibility index (Phi) is 4.06. The summed E-state index contributed by atoms with van der Waals surface area (Å²) in [6.45, 7) is 0.765. The zero-order valence-electron chi connectivity index (χ0n) is 8.92. The van der Waals surface area contributed by atoms with E-state index in [1.165, 1.54) is 37.0 Å². The first-order chi connectivity index (χ1) is 7.31. The summed E-state index contributed by atoms with van der Waals surface area (Å²) >= 11 is 7.68. The van der Waals surface area contributed by atoms with Crippen LogP contribution in [0.15, 0.2) is 12.1 Å². The van der Waals surface area contributed by atoms with Gasteiger partial charge in [0.15, 0.2) is 0 Å². The zero-order valence-corrected chi connectivity index (χ0v) is 10.5. The van der Waals surface area contributed by atoms with Crippen LogP contribution >= 0.6 is 22.9 Å². The summed E-state index contributed by atoms with van der Waals surface area (Å²) in [4.78, 5) is 1.38. The highest BCUT2D eigenvalue weighted by atomic mass is 35.5. The van der Waals surface area contributed by atoms with Gasteiger partial charge in [-0.05, 0) is 30.9 Å². The number of hydrogen-bond donors (Lipinski definition) is 1. The predicted molar refractivity (Wildman–Crippen MR) is 67.7 cm³/mol. The molecule has 0 saturated heterocycles. The monoisotopic (exact) mass is 243 g/mol. The fourth-order valence-corrected chi connectivity index (χ4v) is 3.87. The highest BCUT2D eigenvalue weighted by molar-refractivity contribution is 7.16. The van der Waals surface area contributed by atoms with E-state index in [4.69, 9.17) is 17.3 Å². The Balaban J connectivity index is 2.08. The SMILES string of the molecule is NCC(c1ccc(Cl)s1)C1CCCCC1. The maximum absolute atomic E-state index is 5.98. The minimum atomic E-state index is 0.544. The summed E-state index contributed by atoms with van der Waals surface area (Å²) in [5.74, 6) is 1.33. The Morgan fingerprint density at radius 1 is 1.33 bits per heavy atom. The minimum Gasteiger partial charge on any atom is -0.330 e. The Labute approximate surface area is 101 Å². The van der Waals surface area contributed by atoms with Gasteiger partial charge < -0.3 is 5.73 Å². The Hall–Kier alpha value is -0.0500. The smallest absolute Gasteiger partial charge is 0.0931 e. The van der Waals surface area contributed by atoms with E-state index >= 15 is 0 Å². The van der Waals surface area contributed by atoms with Gasteiger partial charge in [0.1, 0.15) is 0 Å². The van der Waals surface area contributed by atoms with Gasteiger partial charge in [-0.25, -0.2) is 0 Å². The molecule has 2 N–H and O–H groups in total. The lowest BCUT2D eigenvalue weighted by Gasteiger charge is -2.28. The van der Waals surface area contributed by atoms with Crippen molar-refractivity contribution in [3.05, 3.63) is 21.3 Å². The van der Waals surface area contributed by atoms with Gasteiger partial charge in [-0.2, -0.15) is 0 Å². The van der Waals surface area contributed by atoms with Crippen molar-refractivity contribution in [2.45, 2.75) is 38.0 Å². The molecule has 2 rings (SSSR count). The van der Waals surface area contributed by atoms with Gasteiger partial charge in [-0.3, -0.25) is 0 Å². The topological polar surface area (TPSA) is 26.0 Å². The van der Waals surface area contributed by atoms with E-state index in [-0.39, 0.29) is 0 Å². The van der Waals surface area contributed by atoms with Gasteiger partial charge in [-0.15, -0.1) is 11.3 Å². The molecule has 0 aliphatic heterocycles. The maximum Gasteiger partial charge on any atom is 0.0931 e. The number of rotatable bonds is 3. The van der Waals surface area contributed by atoms with E-state index in [1.807, 2.05) is 6.07 Å². The average molecular weight is 244 g/mol. The molecule has 1 aliphatic rings. The van der Waals surface area contributed by atoms with E-state index in [1.54, 1.807) is 11.3 Å². The van der Waals surface area contributed by atoms with Crippen molar-refractivity contribution in [1.82, 2.24) is 0 Å². The fraction of sp³-hybridized carbons (Fsp3) is 0.667. The molecule has 15 heavy (non-hydrogen) atoms. The molecule has 3 heteroatoms. The molecule has 0 amide bonds. The second kappa shape index (κ2) is 5.33. The minimum absolute atomic E-state index is 0.544. The fourth-order valence-electron chi connectivity index (χ4n) is 2.61. The Bertz CT molecular complexity index is 304. The first-order valence-electron chi connectivity index (χ1n) is 5.76. The number of thiophene rings is 1. The average Bonchev–Trinajstić information content (AvgIpc) is 2.68. The molecule has 1 heterocycles. The van der Waals surface area contributed by atoms with Crippen LogP contribution in [0.1, 0.15) is 42.9 Å². The lowest BCUT2D eigenvalue weighted by Crippen LogP contribution is -2.22. The van der Waals surface area contributed by atoms with Crippen LogP contribution in [0.4, 0.5) is 0 Å². The van der Waals surface area contributed by atoms with Crippen LogP contribution in [0.5, 0.6) is 0 Å². The molecule has 1 aliphatic carbocycles. The highest BCUT2D eigenvalue weighted by Crippen LogP contribution is 2.38. The molecule has 84 valence electrons. The van der Waals surface area contributed by atoms with Crippen molar-refractivity contribution in [3.63, 3.8) is 0 Å². The van der Waals surface area contributed by atoms with Gasteiger partial charge in [0.25, 0.3) is 0 Å². The van der Waals surface area contributed by atoms with Crippen molar-refractivity contribution in [3.8, 4) is 0 Å². The Morgan fingerprint density at radius 3 is 2.60 bits per heavy atom. The lowest BCUT2D eigenvalue weighted by molar-refractivity contribution is 0.310. The molecule has 1 atom stereocenters. The number of nitrogens with two attached hydrogens (primary N) is 1. The normalized spacial score (nSPS) is 20.4. The zero-order chi connectivity index (χ0) is 10.7. The first kappa shape index (κ1) is 11.4. The van der Waals surface area contributed by atoms with Gasteiger partial charge in [0.2, 0.25) is 0 Å². The third kappa shape index (κ3) is 2.74. The summed E-state index contributed by atoms with van der Waals surface area (Å²) in [6, 6.07) is 4.15. The molecule has 1 aromatic heterocycles. The van der Waals surface area contributed by atoms with Crippen molar-refractivity contribution in [1.29, 1.82) is 0 Å². The second-order valence-corrected chi connectivity index (χ2v) is 6.13. The summed E-state index contributed by atoms with van der Waals surface area (Å²) in [6.07, 6.45) is 6.84. The van der Waals surface area contributed by atoms with Gasteiger partial charge in [-0.1, -0.05) is 30.9 Å². The van der Waals surface area contributed by atoms with Crippen LogP contribution in [0.3, 0.4) is 0 Å². The largest absolute Gasteiger partial charge is 0.330 e. The van der Waals surface area contributed by atoms with E-state index < -0.39 is 0 Å². The molecule has 1 aromatic rings. The standard InChI is InChI=1S/C12H18ClNS/c13-12-7-6-11(15-12)10(8-14)9-4-2-1-3-5-9/h6-7,9-10H,1-5,8,14H2. The van der Waals surface area contributed by atoms with Gasteiger partial charge in [0.05, 0.1) is 4.34 Å². The van der Waals surface area contributed by atoms with E-state index in [2.05, 4.69) is 6.07 Å². The summed E-state index contributed by atoms with van der Waals surface area (Å²) in [7, 11) is 0. The third-order valence-corrected chi connectivity index (χ3v) is 4.80. The van der Waals surface area contributed by atoms with E-state index in [0.717, 1.165) is 16.8 Å². The molecular formula is C12H18ClNS. The molecule has 1 nitrogen and oxygen atoms in total. The van der Waals surface area contributed by atoms with Crippen molar-refractivity contribution >= 4 is 22.9 Å². The molecule has 0 radical (unpaired) electrons. The van der Waals surface area contributed by atoms with Crippen LogP contribution in [-0.2, 0) is 0 Å². The maximum atomic E-state index is 5.98. The summed E-state index contributed by atoms with van der Waals surface area (Å²) < 4.78 is 0.888. The molecule has 1 saturated carbocycles. The van der Waals surface area contributed by atoms with E-state index in [9.17, 15) is 0 Å². The van der Waals surface area contributed by atoms with Crippen LogP contribution in [-0.4, -0.2) is 6.54 Å². The van der Waals surface area contributed by atoms with Crippen molar-refractivity contribution < 1.29 is 0 Å². The van der Waals surface area contributed by atoms with Crippen LogP contribution in [0.25, 0.3) is 0 Å². The summed E-state index contributed by atoms with van der Waals surface area (Å²) in [5, 5.41) is 0. The van der Waals surface area contributed by atoms with Gasteiger partial charge in [0, 0.05) is 17.3 Å². The molecule has 0 bridgehead atoms. The molecule has 1 fully saturated rings. The highest BCUT2D eigenvalue weighted by Gasteiger charge is 2.24. The molecule has 0 spiro atoms. The number of hydrogen-bond acceptors (Lipinski definition) is 2. The second-order valence-electron chi connectivity index (χ2n) is 4.38. The Morgan fingerprint density at radius 2 is 2.07 bits per heavy atom. The summed E-state index contributed by atoms with van der Waals surface area (Å²) in [5.41, 5.74) is 5.91. The number of halogens is 1. The molecular weight excluding hydrogens is 226 g/mol. The lowest BCUT2D eigenvalue weighted by atomic mass is 9.79. The van der Waals surface area contributed by atoms with Crippen molar-refractivity contribution in [2.75, 3.05) is 6.54 Å². The quantitative estimate of drug-likeness (QED) is 0.853. The first-order valence-corrected chi connectivity index (χ1v) is 6.96. The van der Waals surface area contributed by atoms with Gasteiger partial charge >= 0.3 is 0 Å².